The van der Waals surface area contributed by atoms with Gasteiger partial charge in [-0.3, -0.25) is 9.69 Å². The molecule has 0 aliphatic heterocycles. The molecule has 2 rings (SSSR count). The molecule has 110 valence electrons. The molecule has 5 heteroatoms. The van der Waals surface area contributed by atoms with E-state index in [2.05, 4.69) is 0 Å². The van der Waals surface area contributed by atoms with Crippen molar-refractivity contribution in [3.05, 3.63) is 71.0 Å². The van der Waals surface area contributed by atoms with Crippen molar-refractivity contribution in [2.45, 2.75) is 6.54 Å². The number of rotatable bonds is 5. The van der Waals surface area contributed by atoms with Gasteiger partial charge in [0.1, 0.15) is 17.5 Å². The fourth-order valence-electron chi connectivity index (χ4n) is 2.02. The quantitative estimate of drug-likeness (QED) is 0.787. The number of likely N-dealkylation sites (N-methyl/N-ethyl adjacent to an activating group) is 1. The summed E-state index contributed by atoms with van der Waals surface area (Å²) < 4.78 is 39.8. The van der Waals surface area contributed by atoms with E-state index >= 15 is 0 Å². The van der Waals surface area contributed by atoms with Crippen LogP contribution in [0.15, 0.2) is 42.5 Å². The summed E-state index contributed by atoms with van der Waals surface area (Å²) in [4.78, 5) is 13.5. The van der Waals surface area contributed by atoms with E-state index in [1.54, 1.807) is 30.1 Å². The highest BCUT2D eigenvalue weighted by molar-refractivity contribution is 5.97. The van der Waals surface area contributed by atoms with E-state index in [9.17, 15) is 18.0 Å². The van der Waals surface area contributed by atoms with E-state index in [-0.39, 0.29) is 24.5 Å². The molecule has 0 aromatic heterocycles. The highest BCUT2D eigenvalue weighted by Crippen LogP contribution is 2.12. The van der Waals surface area contributed by atoms with Crippen LogP contribution < -0.4 is 0 Å². The van der Waals surface area contributed by atoms with Gasteiger partial charge in [0.25, 0.3) is 0 Å². The second-order valence-electron chi connectivity index (χ2n) is 4.81. The van der Waals surface area contributed by atoms with Crippen LogP contribution in [0, 0.1) is 17.5 Å². The average Bonchev–Trinajstić information content (AvgIpc) is 2.41. The van der Waals surface area contributed by atoms with Crippen LogP contribution in [0.3, 0.4) is 0 Å². The Morgan fingerprint density at radius 1 is 1.05 bits per heavy atom. The summed E-state index contributed by atoms with van der Waals surface area (Å²) in [6.07, 6.45) is 0. The smallest absolute Gasteiger partial charge is 0.179 e. The predicted octanol–water partition coefficient (Wildman–Crippen LogP) is 3.42. The molecule has 2 aromatic carbocycles. The van der Waals surface area contributed by atoms with Crippen molar-refractivity contribution in [3.8, 4) is 0 Å². The molecule has 0 radical (unpaired) electrons. The predicted molar refractivity (Wildman–Crippen MR) is 73.4 cm³/mol. The van der Waals surface area contributed by atoms with Crippen LogP contribution in [-0.4, -0.2) is 24.3 Å². The minimum Gasteiger partial charge on any atom is -0.294 e. The van der Waals surface area contributed by atoms with E-state index in [0.717, 1.165) is 12.1 Å². The third kappa shape index (κ3) is 3.92. The first-order chi connectivity index (χ1) is 9.97. The second kappa shape index (κ2) is 6.54. The first-order valence-electron chi connectivity index (χ1n) is 6.37. The van der Waals surface area contributed by atoms with Gasteiger partial charge < -0.3 is 0 Å². The molecule has 2 nitrogen and oxygen atoms in total. The van der Waals surface area contributed by atoms with Gasteiger partial charge >= 0.3 is 0 Å². The second-order valence-corrected chi connectivity index (χ2v) is 4.81. The Morgan fingerprint density at radius 3 is 2.43 bits per heavy atom. The lowest BCUT2D eigenvalue weighted by atomic mass is 10.1. The van der Waals surface area contributed by atoms with Crippen molar-refractivity contribution in [2.24, 2.45) is 0 Å². The highest BCUT2D eigenvalue weighted by Gasteiger charge is 2.15. The Morgan fingerprint density at radius 2 is 1.76 bits per heavy atom. The number of halogens is 3. The Hall–Kier alpha value is -2.14. The van der Waals surface area contributed by atoms with Gasteiger partial charge in [-0.1, -0.05) is 18.2 Å². The summed E-state index contributed by atoms with van der Waals surface area (Å²) in [5, 5.41) is 0. The molecule has 0 saturated carbocycles. The Kier molecular flexibility index (Phi) is 4.75. The first kappa shape index (κ1) is 15.3. The maximum atomic E-state index is 13.5. The van der Waals surface area contributed by atoms with Crippen LogP contribution in [0.5, 0.6) is 0 Å². The van der Waals surface area contributed by atoms with E-state index < -0.39 is 17.4 Å². The molecule has 0 atom stereocenters. The molecule has 0 saturated heterocycles. The molecule has 0 aliphatic rings. The van der Waals surface area contributed by atoms with Gasteiger partial charge in [0, 0.05) is 18.2 Å². The third-order valence-corrected chi connectivity index (χ3v) is 3.04. The van der Waals surface area contributed by atoms with Crippen molar-refractivity contribution >= 4 is 5.78 Å². The largest absolute Gasteiger partial charge is 0.294 e. The fraction of sp³-hybridized carbons (Fsp3) is 0.188. The van der Waals surface area contributed by atoms with Crippen molar-refractivity contribution in [3.63, 3.8) is 0 Å². The molecule has 0 heterocycles. The number of hydrogen-bond donors (Lipinski definition) is 0. The zero-order valence-corrected chi connectivity index (χ0v) is 11.4. The van der Waals surface area contributed by atoms with Crippen LogP contribution in [0.25, 0.3) is 0 Å². The van der Waals surface area contributed by atoms with Gasteiger partial charge in [0.2, 0.25) is 0 Å². The molecule has 0 spiro atoms. The number of Topliss-reactive ketones (excluding diaryl/α,β-unsaturated/α-hetero) is 1. The molecule has 0 bridgehead atoms. The van der Waals surface area contributed by atoms with Crippen LogP contribution >= 0.6 is 0 Å². The zero-order valence-electron chi connectivity index (χ0n) is 11.4. The van der Waals surface area contributed by atoms with Crippen LogP contribution in [-0.2, 0) is 6.54 Å². The minimum absolute atomic E-state index is 0.0864. The van der Waals surface area contributed by atoms with Gasteiger partial charge in [-0.15, -0.1) is 0 Å². The number of benzene rings is 2. The molecule has 2 aromatic rings. The number of nitrogens with zero attached hydrogens (tertiary/aromatic N) is 1. The number of ketones is 1. The van der Waals surface area contributed by atoms with E-state index in [0.29, 0.717) is 11.6 Å². The molecule has 0 aliphatic carbocycles. The maximum Gasteiger partial charge on any atom is 0.179 e. The maximum absolute atomic E-state index is 13.5. The molecule has 0 N–H and O–H groups in total. The summed E-state index contributed by atoms with van der Waals surface area (Å²) in [6, 6.07) is 9.06. The van der Waals surface area contributed by atoms with E-state index in [4.69, 9.17) is 0 Å². The lowest BCUT2D eigenvalue weighted by Crippen LogP contribution is -2.26. The Labute approximate surface area is 120 Å². The molecular weight excluding hydrogens is 279 g/mol. The minimum atomic E-state index is -0.890. The summed E-state index contributed by atoms with van der Waals surface area (Å²) >= 11 is 0. The monoisotopic (exact) mass is 293 g/mol. The van der Waals surface area contributed by atoms with Gasteiger partial charge in [-0.2, -0.15) is 0 Å². The Balaban J connectivity index is 2.04. The zero-order chi connectivity index (χ0) is 15.4. The standard InChI is InChI=1S/C16H14F3NO/c1-20(9-11-4-2-3-5-14(11)18)10-16(21)13-7-6-12(17)8-15(13)19/h2-8H,9-10H2,1H3. The summed E-state index contributed by atoms with van der Waals surface area (Å²) in [5.74, 6) is -2.46. The van der Waals surface area contributed by atoms with Crippen LogP contribution in [0.1, 0.15) is 15.9 Å². The van der Waals surface area contributed by atoms with E-state index in [1.807, 2.05) is 0 Å². The molecule has 0 amide bonds. The average molecular weight is 293 g/mol. The highest BCUT2D eigenvalue weighted by atomic mass is 19.1. The van der Waals surface area contributed by atoms with Crippen molar-refractivity contribution in [1.82, 2.24) is 4.90 Å². The van der Waals surface area contributed by atoms with E-state index in [1.165, 1.54) is 6.07 Å². The molecule has 0 fully saturated rings. The van der Waals surface area contributed by atoms with Gasteiger partial charge in [-0.05, 0) is 25.2 Å². The molecule has 0 unspecified atom stereocenters. The van der Waals surface area contributed by atoms with Gasteiger partial charge in [-0.25, -0.2) is 13.2 Å². The Bertz CT molecular complexity index is 658. The van der Waals surface area contributed by atoms with Crippen LogP contribution in [0.2, 0.25) is 0 Å². The van der Waals surface area contributed by atoms with Crippen molar-refractivity contribution in [1.29, 1.82) is 0 Å². The van der Waals surface area contributed by atoms with Gasteiger partial charge in [0.15, 0.2) is 5.78 Å². The summed E-state index contributed by atoms with van der Waals surface area (Å²) in [7, 11) is 1.63. The van der Waals surface area contributed by atoms with Crippen molar-refractivity contribution in [2.75, 3.05) is 13.6 Å². The van der Waals surface area contributed by atoms with Gasteiger partial charge in [0.05, 0.1) is 12.1 Å². The molecule has 21 heavy (non-hydrogen) atoms. The lowest BCUT2D eigenvalue weighted by Gasteiger charge is -2.16. The normalized spacial score (nSPS) is 10.9. The summed E-state index contributed by atoms with van der Waals surface area (Å²) in [6.45, 7) is 0.137. The van der Waals surface area contributed by atoms with Crippen molar-refractivity contribution < 1.29 is 18.0 Å². The number of carbonyl (C=O) groups is 1. The first-order valence-corrected chi connectivity index (χ1v) is 6.37. The lowest BCUT2D eigenvalue weighted by molar-refractivity contribution is 0.0938. The topological polar surface area (TPSA) is 20.3 Å². The number of hydrogen-bond acceptors (Lipinski definition) is 2. The summed E-state index contributed by atoms with van der Waals surface area (Å²) in [5.41, 5.74) is 0.282. The van der Waals surface area contributed by atoms with Crippen LogP contribution in [0.4, 0.5) is 13.2 Å². The molecular formula is C16H14F3NO. The fourth-order valence-corrected chi connectivity index (χ4v) is 2.02. The third-order valence-electron chi connectivity index (χ3n) is 3.04. The SMILES string of the molecule is CN(CC(=O)c1ccc(F)cc1F)Cc1ccccc1F. The number of carbonyl (C=O) groups excluding carboxylic acids is 1.